The zero-order valence-electron chi connectivity index (χ0n) is 9.26. The van der Waals surface area contributed by atoms with Crippen molar-refractivity contribution >= 4 is 39.5 Å². The number of pyridine rings is 1. The van der Waals surface area contributed by atoms with Gasteiger partial charge < -0.3 is 5.32 Å². The number of carbonyl (C=O) groups excluding carboxylic acids is 1. The van der Waals surface area contributed by atoms with Crippen LogP contribution in [0.5, 0.6) is 0 Å². The van der Waals surface area contributed by atoms with Gasteiger partial charge in [0.15, 0.2) is 0 Å². The first kappa shape index (κ1) is 12.4. The molecule has 0 radical (unpaired) electrons. The lowest BCUT2D eigenvalue weighted by molar-refractivity contribution is -0.115. The topological polar surface area (TPSA) is 54.4 Å². The molecule has 1 amide bonds. The zero-order chi connectivity index (χ0) is 11.9. The zero-order valence-corrected chi connectivity index (χ0v) is 10.9. The van der Waals surface area contributed by atoms with Crippen LogP contribution in [0.2, 0.25) is 0 Å². The van der Waals surface area contributed by atoms with Gasteiger partial charge in [-0.05, 0) is 12.1 Å². The molecule has 0 bridgehead atoms. The fourth-order valence-electron chi connectivity index (χ4n) is 1.29. The quantitative estimate of drug-likeness (QED) is 0.909. The molecule has 0 saturated carbocycles. The van der Waals surface area contributed by atoms with E-state index in [1.807, 2.05) is 0 Å². The van der Waals surface area contributed by atoms with Crippen molar-refractivity contribution in [2.24, 2.45) is 4.99 Å². The molecule has 4 nitrogen and oxygen atoms in total. The summed E-state index contributed by atoms with van der Waals surface area (Å²) in [6, 6.07) is 3.56. The lowest BCUT2D eigenvalue weighted by atomic mass is 10.4. The molecule has 0 unspecified atom stereocenters. The third-order valence-corrected chi connectivity index (χ3v) is 4.33. The number of carbonyl (C=O) groups is 1. The van der Waals surface area contributed by atoms with Gasteiger partial charge in [-0.2, -0.15) is 0 Å². The largest absolute Gasteiger partial charge is 0.326 e. The number of aromatic nitrogens is 1. The van der Waals surface area contributed by atoms with E-state index in [1.165, 1.54) is 0 Å². The van der Waals surface area contributed by atoms with Gasteiger partial charge >= 0.3 is 0 Å². The van der Waals surface area contributed by atoms with E-state index in [0.717, 1.165) is 28.1 Å². The molecule has 17 heavy (non-hydrogen) atoms. The second kappa shape index (κ2) is 6.66. The summed E-state index contributed by atoms with van der Waals surface area (Å²) in [5, 5.41) is 2.83. The lowest BCUT2D eigenvalue weighted by Crippen LogP contribution is -2.12. The Morgan fingerprint density at radius 3 is 3.00 bits per heavy atom. The Morgan fingerprint density at radius 1 is 1.47 bits per heavy atom. The van der Waals surface area contributed by atoms with Crippen molar-refractivity contribution in [2.75, 3.05) is 23.4 Å². The molecule has 0 atom stereocenters. The SMILES string of the molecule is O=C(CCSC1=NCCS1)Nc1ccncc1. The summed E-state index contributed by atoms with van der Waals surface area (Å²) in [6.45, 7) is 0.913. The van der Waals surface area contributed by atoms with Crippen molar-refractivity contribution in [1.29, 1.82) is 0 Å². The molecular weight excluding hydrogens is 254 g/mol. The van der Waals surface area contributed by atoms with E-state index in [9.17, 15) is 4.79 Å². The Hall–Kier alpha value is -1.01. The molecule has 90 valence electrons. The highest BCUT2D eigenvalue weighted by Crippen LogP contribution is 2.22. The molecule has 0 saturated heterocycles. The van der Waals surface area contributed by atoms with Crippen molar-refractivity contribution in [1.82, 2.24) is 4.98 Å². The highest BCUT2D eigenvalue weighted by atomic mass is 32.2. The lowest BCUT2D eigenvalue weighted by Gasteiger charge is -2.04. The minimum absolute atomic E-state index is 0.0345. The molecule has 1 aliphatic heterocycles. The minimum Gasteiger partial charge on any atom is -0.326 e. The molecule has 2 heterocycles. The van der Waals surface area contributed by atoms with Gasteiger partial charge in [0.05, 0.1) is 6.54 Å². The number of nitrogens with zero attached hydrogens (tertiary/aromatic N) is 2. The van der Waals surface area contributed by atoms with Crippen molar-refractivity contribution in [3.8, 4) is 0 Å². The van der Waals surface area contributed by atoms with Gasteiger partial charge in [-0.25, -0.2) is 0 Å². The Morgan fingerprint density at radius 2 is 2.29 bits per heavy atom. The third kappa shape index (κ3) is 4.40. The summed E-state index contributed by atoms with van der Waals surface area (Å²) >= 11 is 3.43. The van der Waals surface area contributed by atoms with Gasteiger partial charge in [0, 0.05) is 36.0 Å². The molecule has 0 fully saturated rings. The maximum atomic E-state index is 11.6. The van der Waals surface area contributed by atoms with E-state index in [0.29, 0.717) is 6.42 Å². The molecule has 6 heteroatoms. The maximum absolute atomic E-state index is 11.6. The van der Waals surface area contributed by atoms with Crippen LogP contribution in [0.25, 0.3) is 0 Å². The summed E-state index contributed by atoms with van der Waals surface area (Å²) in [4.78, 5) is 19.8. The van der Waals surface area contributed by atoms with Gasteiger partial charge in [0.1, 0.15) is 4.38 Å². The van der Waals surface area contributed by atoms with Gasteiger partial charge in [-0.15, -0.1) is 0 Å². The summed E-state index contributed by atoms with van der Waals surface area (Å²) in [6.07, 6.45) is 3.83. The standard InChI is InChI=1S/C11H13N3OS2/c15-10(14-9-1-4-12-5-2-9)3-7-16-11-13-6-8-17-11/h1-2,4-5H,3,6-8H2,(H,12,14,15). The van der Waals surface area contributed by atoms with Crippen LogP contribution in [0, 0.1) is 0 Å². The number of amides is 1. The Balaban J connectivity index is 1.67. The molecule has 0 aliphatic carbocycles. The predicted octanol–water partition coefficient (Wildman–Crippen LogP) is 2.25. The van der Waals surface area contributed by atoms with Crippen molar-refractivity contribution < 1.29 is 4.79 Å². The highest BCUT2D eigenvalue weighted by Gasteiger charge is 2.08. The second-order valence-electron chi connectivity index (χ2n) is 3.38. The number of nitrogens with one attached hydrogen (secondary N) is 1. The number of hydrogen-bond acceptors (Lipinski definition) is 5. The number of aliphatic imine (C=N–C) groups is 1. The van der Waals surface area contributed by atoms with Crippen LogP contribution in [-0.4, -0.2) is 33.3 Å². The summed E-state index contributed by atoms with van der Waals surface area (Å²) in [5.74, 6) is 1.89. The van der Waals surface area contributed by atoms with Gasteiger partial charge in [0.25, 0.3) is 0 Å². The van der Waals surface area contributed by atoms with Gasteiger partial charge in [0.2, 0.25) is 5.91 Å². The first-order valence-electron chi connectivity index (χ1n) is 5.34. The van der Waals surface area contributed by atoms with Crippen molar-refractivity contribution in [3.05, 3.63) is 24.5 Å². The average Bonchev–Trinajstić information content (AvgIpc) is 2.83. The molecular formula is C11H13N3OS2. The van der Waals surface area contributed by atoms with Crippen LogP contribution in [0.15, 0.2) is 29.5 Å². The van der Waals surface area contributed by atoms with E-state index in [4.69, 9.17) is 0 Å². The fraction of sp³-hybridized carbons (Fsp3) is 0.364. The summed E-state index contributed by atoms with van der Waals surface area (Å²) in [5.41, 5.74) is 0.794. The van der Waals surface area contributed by atoms with Crippen LogP contribution < -0.4 is 5.32 Å². The Bertz CT molecular complexity index is 408. The van der Waals surface area contributed by atoms with E-state index < -0.39 is 0 Å². The summed E-state index contributed by atoms with van der Waals surface area (Å²) in [7, 11) is 0. The smallest absolute Gasteiger partial charge is 0.225 e. The third-order valence-electron chi connectivity index (χ3n) is 2.08. The number of anilines is 1. The number of rotatable bonds is 4. The van der Waals surface area contributed by atoms with Crippen LogP contribution >= 0.6 is 23.5 Å². The Kier molecular flexibility index (Phi) is 4.88. The number of hydrogen-bond donors (Lipinski definition) is 1. The molecule has 0 aromatic carbocycles. The molecule has 2 rings (SSSR count). The van der Waals surface area contributed by atoms with Crippen LogP contribution in [0.1, 0.15) is 6.42 Å². The molecule has 1 aliphatic rings. The van der Waals surface area contributed by atoms with E-state index in [2.05, 4.69) is 15.3 Å². The molecule has 1 aromatic heterocycles. The molecule has 1 N–H and O–H groups in total. The molecule has 0 spiro atoms. The highest BCUT2D eigenvalue weighted by molar-refractivity contribution is 8.39. The van der Waals surface area contributed by atoms with Crippen LogP contribution in [-0.2, 0) is 4.79 Å². The van der Waals surface area contributed by atoms with Crippen molar-refractivity contribution in [2.45, 2.75) is 6.42 Å². The Labute approximate surface area is 109 Å². The van der Waals surface area contributed by atoms with Crippen molar-refractivity contribution in [3.63, 3.8) is 0 Å². The normalized spacial score (nSPS) is 14.5. The number of thioether (sulfide) groups is 2. The first-order chi connectivity index (χ1) is 8.34. The van der Waals surface area contributed by atoms with Gasteiger partial charge in [-0.1, -0.05) is 23.5 Å². The first-order valence-corrected chi connectivity index (χ1v) is 7.31. The predicted molar refractivity (Wildman–Crippen MR) is 74.7 cm³/mol. The molecule has 1 aromatic rings. The fourth-order valence-corrected chi connectivity index (χ4v) is 3.31. The maximum Gasteiger partial charge on any atom is 0.225 e. The van der Waals surface area contributed by atoms with E-state index in [-0.39, 0.29) is 5.91 Å². The van der Waals surface area contributed by atoms with Gasteiger partial charge in [-0.3, -0.25) is 14.8 Å². The van der Waals surface area contributed by atoms with Crippen LogP contribution in [0.3, 0.4) is 0 Å². The monoisotopic (exact) mass is 267 g/mol. The van der Waals surface area contributed by atoms with Crippen LogP contribution in [0.4, 0.5) is 5.69 Å². The van der Waals surface area contributed by atoms with E-state index >= 15 is 0 Å². The second-order valence-corrected chi connectivity index (χ2v) is 5.80. The summed E-state index contributed by atoms with van der Waals surface area (Å²) < 4.78 is 1.11. The average molecular weight is 267 g/mol. The minimum atomic E-state index is 0.0345. The van der Waals surface area contributed by atoms with E-state index in [1.54, 1.807) is 48.1 Å².